The van der Waals surface area contributed by atoms with Crippen LogP contribution < -0.4 is 0 Å². The normalized spacial score (nSPS) is 11.5. The predicted molar refractivity (Wildman–Crippen MR) is 106 cm³/mol. The van der Waals surface area contributed by atoms with Crippen LogP contribution in [0.25, 0.3) is 39.1 Å². The van der Waals surface area contributed by atoms with Crippen LogP contribution in [0.15, 0.2) is 73.3 Å². The van der Waals surface area contributed by atoms with Gasteiger partial charge >= 0.3 is 0 Å². The Hall–Kier alpha value is -3.44. The molecule has 3 aromatic heterocycles. The Bertz CT molecular complexity index is 1260. The van der Waals surface area contributed by atoms with E-state index in [1.54, 1.807) is 6.20 Å². The van der Waals surface area contributed by atoms with Gasteiger partial charge in [0, 0.05) is 41.5 Å². The van der Waals surface area contributed by atoms with Crippen molar-refractivity contribution in [2.45, 2.75) is 6.61 Å². The van der Waals surface area contributed by atoms with E-state index in [1.165, 1.54) is 10.9 Å². The topological polar surface area (TPSA) is 55.4 Å². The lowest BCUT2D eigenvalue weighted by molar-refractivity contribution is 0.282. The minimum atomic E-state index is 0.0451. The molecule has 5 rings (SSSR count). The fraction of sp³-hybridized carbons (Fsp3) is 0.0909. The molecule has 1 N–H and O–H groups in total. The van der Waals surface area contributed by atoms with Crippen LogP contribution in [-0.2, 0) is 13.7 Å². The molecule has 0 atom stereocenters. The Kier molecular flexibility index (Phi) is 3.55. The number of aromatic nitrogens is 4. The quantitative estimate of drug-likeness (QED) is 0.532. The third-order valence-electron chi connectivity index (χ3n) is 5.01. The number of fused-ring (bicyclic) bond motifs is 2. The zero-order chi connectivity index (χ0) is 18.4. The summed E-state index contributed by atoms with van der Waals surface area (Å²) in [6.45, 7) is 0.0451. The van der Waals surface area contributed by atoms with Gasteiger partial charge in [0.25, 0.3) is 0 Å². The van der Waals surface area contributed by atoms with Gasteiger partial charge in [0.05, 0.1) is 30.4 Å². The highest BCUT2D eigenvalue weighted by Crippen LogP contribution is 2.26. The third-order valence-corrected chi connectivity index (χ3v) is 5.01. The molecule has 0 aliphatic carbocycles. The van der Waals surface area contributed by atoms with Gasteiger partial charge in [0.15, 0.2) is 5.65 Å². The summed E-state index contributed by atoms with van der Waals surface area (Å²) in [7, 11) is 2.05. The summed E-state index contributed by atoms with van der Waals surface area (Å²) in [5, 5.41) is 10.4. The molecule has 0 saturated carbocycles. The number of hydrogen-bond acceptors (Lipinski definition) is 3. The number of aliphatic hydroxyl groups is 1. The first-order valence-corrected chi connectivity index (χ1v) is 8.82. The van der Waals surface area contributed by atoms with Crippen molar-refractivity contribution in [2.24, 2.45) is 7.05 Å². The number of hydrogen-bond donors (Lipinski definition) is 1. The number of nitrogens with zero attached hydrogens (tertiary/aromatic N) is 4. The SMILES string of the molecule is Cn1ccc2cc(-c3cn4c(-c5ccc(CO)cc5)cnc4cn3)ccc21. The van der Waals surface area contributed by atoms with Gasteiger partial charge < -0.3 is 9.67 Å². The monoisotopic (exact) mass is 354 g/mol. The molecule has 5 nitrogen and oxygen atoms in total. The standard InChI is InChI=1S/C22H18N4O/c1-25-9-8-18-10-17(6-7-20(18)25)19-13-26-21(11-24-22(26)12-23-19)16-4-2-15(14-27)3-5-16/h2-13,27H,14H2,1H3. The van der Waals surface area contributed by atoms with E-state index in [2.05, 4.69) is 49.4 Å². The highest BCUT2D eigenvalue weighted by Gasteiger charge is 2.09. The lowest BCUT2D eigenvalue weighted by Crippen LogP contribution is -1.93. The molecule has 27 heavy (non-hydrogen) atoms. The number of aryl methyl sites for hydroxylation is 1. The number of imidazole rings is 1. The van der Waals surface area contributed by atoms with Crippen molar-refractivity contribution >= 4 is 16.6 Å². The number of aliphatic hydroxyl groups excluding tert-OH is 1. The molecule has 0 spiro atoms. The molecule has 3 heterocycles. The molecule has 0 radical (unpaired) electrons. The Labute approximate surface area is 156 Å². The molecule has 5 heteroatoms. The van der Waals surface area contributed by atoms with Crippen molar-refractivity contribution in [3.63, 3.8) is 0 Å². The summed E-state index contributed by atoms with van der Waals surface area (Å²) in [4.78, 5) is 9.08. The van der Waals surface area contributed by atoms with Crippen LogP contribution in [0.1, 0.15) is 5.56 Å². The van der Waals surface area contributed by atoms with Crippen LogP contribution in [-0.4, -0.2) is 24.0 Å². The van der Waals surface area contributed by atoms with E-state index in [4.69, 9.17) is 0 Å². The van der Waals surface area contributed by atoms with Gasteiger partial charge in [0.2, 0.25) is 0 Å². The Morgan fingerprint density at radius 2 is 1.74 bits per heavy atom. The van der Waals surface area contributed by atoms with E-state index >= 15 is 0 Å². The largest absolute Gasteiger partial charge is 0.392 e. The van der Waals surface area contributed by atoms with Crippen LogP contribution in [0.3, 0.4) is 0 Å². The van der Waals surface area contributed by atoms with Crippen LogP contribution in [0.4, 0.5) is 0 Å². The third kappa shape index (κ3) is 2.60. The van der Waals surface area contributed by atoms with E-state index in [-0.39, 0.29) is 6.61 Å². The van der Waals surface area contributed by atoms with E-state index in [0.29, 0.717) is 0 Å². The van der Waals surface area contributed by atoms with Crippen molar-refractivity contribution < 1.29 is 5.11 Å². The first-order chi connectivity index (χ1) is 13.2. The summed E-state index contributed by atoms with van der Waals surface area (Å²) in [6.07, 6.45) is 7.75. The lowest BCUT2D eigenvalue weighted by atomic mass is 10.1. The van der Waals surface area contributed by atoms with Crippen molar-refractivity contribution in [2.75, 3.05) is 0 Å². The summed E-state index contributed by atoms with van der Waals surface area (Å²) in [5.74, 6) is 0. The van der Waals surface area contributed by atoms with Gasteiger partial charge in [0.1, 0.15) is 0 Å². The summed E-state index contributed by atoms with van der Waals surface area (Å²) in [6, 6.07) is 16.4. The highest BCUT2D eigenvalue weighted by molar-refractivity contribution is 5.85. The molecule has 2 aromatic carbocycles. The van der Waals surface area contributed by atoms with Crippen LogP contribution >= 0.6 is 0 Å². The zero-order valence-corrected chi connectivity index (χ0v) is 14.9. The van der Waals surface area contributed by atoms with Gasteiger partial charge in [-0.3, -0.25) is 9.38 Å². The van der Waals surface area contributed by atoms with Gasteiger partial charge in [-0.15, -0.1) is 0 Å². The van der Waals surface area contributed by atoms with Crippen LogP contribution in [0.5, 0.6) is 0 Å². The lowest BCUT2D eigenvalue weighted by Gasteiger charge is -2.06. The summed E-state index contributed by atoms with van der Waals surface area (Å²) < 4.78 is 4.17. The molecular formula is C22H18N4O. The Morgan fingerprint density at radius 3 is 2.56 bits per heavy atom. The molecule has 0 bridgehead atoms. The smallest absolute Gasteiger partial charge is 0.155 e. The second-order valence-corrected chi connectivity index (χ2v) is 6.70. The Morgan fingerprint density at radius 1 is 0.926 bits per heavy atom. The first kappa shape index (κ1) is 15.8. The average molecular weight is 354 g/mol. The number of benzene rings is 2. The molecule has 0 aliphatic rings. The fourth-order valence-electron chi connectivity index (χ4n) is 3.47. The zero-order valence-electron chi connectivity index (χ0n) is 14.9. The van der Waals surface area contributed by atoms with E-state index in [9.17, 15) is 5.11 Å². The van der Waals surface area contributed by atoms with Crippen molar-refractivity contribution in [3.8, 4) is 22.5 Å². The molecule has 0 saturated heterocycles. The van der Waals surface area contributed by atoms with Gasteiger partial charge in [-0.05, 0) is 23.8 Å². The average Bonchev–Trinajstić information content (AvgIpc) is 3.31. The van der Waals surface area contributed by atoms with E-state index in [1.807, 2.05) is 43.7 Å². The fourth-order valence-corrected chi connectivity index (χ4v) is 3.47. The first-order valence-electron chi connectivity index (χ1n) is 8.82. The maximum Gasteiger partial charge on any atom is 0.155 e. The molecule has 132 valence electrons. The highest BCUT2D eigenvalue weighted by atomic mass is 16.3. The van der Waals surface area contributed by atoms with E-state index < -0.39 is 0 Å². The minimum absolute atomic E-state index is 0.0451. The number of rotatable bonds is 3. The summed E-state index contributed by atoms with van der Waals surface area (Å²) in [5.41, 5.74) is 6.93. The van der Waals surface area contributed by atoms with Crippen molar-refractivity contribution in [3.05, 3.63) is 78.9 Å². The predicted octanol–water partition coefficient (Wildman–Crippen LogP) is 4.05. The molecule has 0 aliphatic heterocycles. The molecule has 5 aromatic rings. The second-order valence-electron chi connectivity index (χ2n) is 6.70. The maximum absolute atomic E-state index is 9.24. The van der Waals surface area contributed by atoms with Gasteiger partial charge in [-0.25, -0.2) is 4.98 Å². The van der Waals surface area contributed by atoms with Crippen LogP contribution in [0, 0.1) is 0 Å². The van der Waals surface area contributed by atoms with Crippen molar-refractivity contribution in [1.29, 1.82) is 0 Å². The second kappa shape index (κ2) is 6.07. The van der Waals surface area contributed by atoms with Crippen molar-refractivity contribution in [1.82, 2.24) is 18.9 Å². The molecular weight excluding hydrogens is 336 g/mol. The minimum Gasteiger partial charge on any atom is -0.392 e. The molecule has 0 amide bonds. The van der Waals surface area contributed by atoms with Crippen LogP contribution in [0.2, 0.25) is 0 Å². The van der Waals surface area contributed by atoms with Gasteiger partial charge in [-0.1, -0.05) is 30.3 Å². The summed E-state index contributed by atoms with van der Waals surface area (Å²) >= 11 is 0. The van der Waals surface area contributed by atoms with E-state index in [0.717, 1.165) is 33.7 Å². The Balaban J connectivity index is 1.63. The van der Waals surface area contributed by atoms with Gasteiger partial charge in [-0.2, -0.15) is 0 Å². The molecule has 0 fully saturated rings. The maximum atomic E-state index is 9.24. The molecule has 0 unspecified atom stereocenters.